The van der Waals surface area contributed by atoms with Gasteiger partial charge >= 0.3 is 0 Å². The summed E-state index contributed by atoms with van der Waals surface area (Å²) in [6.45, 7) is 0.0567. The SMILES string of the molecule is N#Cc1ccc(NC(=O)C[n+]2cccc(C(N)=O)c2)cc1. The third-order valence-electron chi connectivity index (χ3n) is 2.77. The summed E-state index contributed by atoms with van der Waals surface area (Å²) in [6, 6.07) is 11.8. The van der Waals surface area contributed by atoms with Gasteiger partial charge in [-0.2, -0.15) is 9.83 Å². The molecule has 2 amide bonds. The van der Waals surface area contributed by atoms with E-state index < -0.39 is 5.91 Å². The van der Waals surface area contributed by atoms with Gasteiger partial charge < -0.3 is 11.1 Å². The highest BCUT2D eigenvalue weighted by Crippen LogP contribution is 2.08. The first-order valence-corrected chi connectivity index (χ1v) is 6.17. The molecule has 0 bridgehead atoms. The number of nitrogens with one attached hydrogen (secondary N) is 1. The highest BCUT2D eigenvalue weighted by molar-refractivity contribution is 5.92. The maximum Gasteiger partial charge on any atom is 0.290 e. The van der Waals surface area contributed by atoms with Gasteiger partial charge in [-0.15, -0.1) is 0 Å². The Morgan fingerprint density at radius 3 is 2.57 bits per heavy atom. The first-order chi connectivity index (χ1) is 10.1. The Labute approximate surface area is 121 Å². The number of hydrogen-bond donors (Lipinski definition) is 2. The van der Waals surface area contributed by atoms with Gasteiger partial charge in [0.25, 0.3) is 11.8 Å². The molecule has 6 heteroatoms. The number of amides is 2. The maximum absolute atomic E-state index is 11.9. The van der Waals surface area contributed by atoms with E-state index in [9.17, 15) is 9.59 Å². The third-order valence-corrected chi connectivity index (χ3v) is 2.77. The van der Waals surface area contributed by atoms with Crippen molar-refractivity contribution >= 4 is 17.5 Å². The van der Waals surface area contributed by atoms with Crippen molar-refractivity contribution in [1.82, 2.24) is 0 Å². The van der Waals surface area contributed by atoms with Crippen LogP contribution in [0.5, 0.6) is 0 Å². The van der Waals surface area contributed by atoms with Crippen molar-refractivity contribution in [2.75, 3.05) is 5.32 Å². The Morgan fingerprint density at radius 2 is 1.95 bits per heavy atom. The van der Waals surface area contributed by atoms with Crippen LogP contribution in [0, 0.1) is 11.3 Å². The number of carbonyl (C=O) groups excluding carboxylic acids is 2. The van der Waals surface area contributed by atoms with Crippen molar-refractivity contribution < 1.29 is 14.2 Å². The first kappa shape index (κ1) is 14.2. The van der Waals surface area contributed by atoms with E-state index in [1.165, 1.54) is 6.20 Å². The van der Waals surface area contributed by atoms with Gasteiger partial charge in [0.2, 0.25) is 6.54 Å². The van der Waals surface area contributed by atoms with E-state index in [4.69, 9.17) is 11.0 Å². The second-order valence-corrected chi connectivity index (χ2v) is 4.37. The molecule has 0 radical (unpaired) electrons. The summed E-state index contributed by atoms with van der Waals surface area (Å²) in [5, 5.41) is 11.4. The zero-order chi connectivity index (χ0) is 15.2. The zero-order valence-electron chi connectivity index (χ0n) is 11.1. The molecule has 0 unspecified atom stereocenters. The van der Waals surface area contributed by atoms with Crippen LogP contribution in [-0.4, -0.2) is 11.8 Å². The predicted molar refractivity (Wildman–Crippen MR) is 74.9 cm³/mol. The molecule has 1 aromatic heterocycles. The number of benzene rings is 1. The molecule has 3 N–H and O–H groups in total. The van der Waals surface area contributed by atoms with Crippen molar-refractivity contribution in [2.45, 2.75) is 6.54 Å². The molecule has 1 heterocycles. The highest BCUT2D eigenvalue weighted by Gasteiger charge is 2.12. The summed E-state index contributed by atoms with van der Waals surface area (Å²) in [5.74, 6) is -0.789. The number of nitrogens with zero attached hydrogens (tertiary/aromatic N) is 2. The Hall–Kier alpha value is -3.20. The zero-order valence-corrected chi connectivity index (χ0v) is 11.1. The summed E-state index contributed by atoms with van der Waals surface area (Å²) in [5.41, 5.74) is 6.65. The smallest absolute Gasteiger partial charge is 0.290 e. The number of pyridine rings is 1. The summed E-state index contributed by atoms with van der Waals surface area (Å²) >= 11 is 0. The molecule has 104 valence electrons. The fourth-order valence-electron chi connectivity index (χ4n) is 1.76. The molecule has 1 aromatic carbocycles. The van der Waals surface area contributed by atoms with E-state index >= 15 is 0 Å². The Morgan fingerprint density at radius 1 is 1.24 bits per heavy atom. The van der Waals surface area contributed by atoms with Crippen molar-refractivity contribution in [2.24, 2.45) is 5.73 Å². The second-order valence-electron chi connectivity index (χ2n) is 4.37. The molecule has 21 heavy (non-hydrogen) atoms. The van der Waals surface area contributed by atoms with Crippen LogP contribution in [0.25, 0.3) is 0 Å². The molecule has 0 atom stereocenters. The fourth-order valence-corrected chi connectivity index (χ4v) is 1.76. The Kier molecular flexibility index (Phi) is 4.26. The number of nitrogens with two attached hydrogens (primary N) is 1. The molecular weight excluding hydrogens is 268 g/mol. The lowest BCUT2D eigenvalue weighted by atomic mass is 10.2. The summed E-state index contributed by atoms with van der Waals surface area (Å²) in [4.78, 5) is 23.0. The maximum atomic E-state index is 11.9. The number of anilines is 1. The van der Waals surface area contributed by atoms with Crippen LogP contribution in [-0.2, 0) is 11.3 Å². The van der Waals surface area contributed by atoms with Crippen LogP contribution in [0.1, 0.15) is 15.9 Å². The van der Waals surface area contributed by atoms with Gasteiger partial charge in [-0.1, -0.05) is 0 Å². The third kappa shape index (κ3) is 3.88. The highest BCUT2D eigenvalue weighted by atomic mass is 16.2. The van der Waals surface area contributed by atoms with Crippen LogP contribution in [0.3, 0.4) is 0 Å². The van der Waals surface area contributed by atoms with Crippen molar-refractivity contribution in [3.8, 4) is 6.07 Å². The van der Waals surface area contributed by atoms with Gasteiger partial charge in [-0.3, -0.25) is 9.59 Å². The normalized spacial score (nSPS) is 9.67. The van der Waals surface area contributed by atoms with Crippen LogP contribution >= 0.6 is 0 Å². The molecule has 0 fully saturated rings. The molecule has 0 aliphatic carbocycles. The van der Waals surface area contributed by atoms with Crippen LogP contribution in [0.2, 0.25) is 0 Å². The Balaban J connectivity index is 2.02. The standard InChI is InChI=1S/C15H12N4O2/c16-8-11-3-5-13(6-4-11)18-14(20)10-19-7-1-2-12(9-19)15(17)21/h1-7,9H,10H2,(H2-,17,18,20,21)/p+1. The largest absolute Gasteiger partial charge is 0.365 e. The molecule has 6 nitrogen and oxygen atoms in total. The van der Waals surface area contributed by atoms with E-state index in [1.54, 1.807) is 47.2 Å². The number of nitriles is 1. The van der Waals surface area contributed by atoms with Crippen molar-refractivity contribution in [1.29, 1.82) is 5.26 Å². The lowest BCUT2D eigenvalue weighted by Crippen LogP contribution is -2.40. The fraction of sp³-hybridized carbons (Fsp3) is 0.0667. The van der Waals surface area contributed by atoms with E-state index in [0.29, 0.717) is 16.8 Å². The number of hydrogen-bond acceptors (Lipinski definition) is 3. The minimum Gasteiger partial charge on any atom is -0.365 e. The van der Waals surface area contributed by atoms with E-state index in [2.05, 4.69) is 5.32 Å². The average molecular weight is 281 g/mol. The quantitative estimate of drug-likeness (QED) is 0.802. The summed E-state index contributed by atoms with van der Waals surface area (Å²) < 4.78 is 1.57. The number of carbonyl (C=O) groups is 2. The molecule has 0 aliphatic rings. The van der Waals surface area contributed by atoms with Crippen LogP contribution in [0.4, 0.5) is 5.69 Å². The van der Waals surface area contributed by atoms with Gasteiger partial charge in [0, 0.05) is 11.8 Å². The molecule has 0 saturated heterocycles. The summed E-state index contributed by atoms with van der Waals surface area (Å²) in [7, 11) is 0. The minimum atomic E-state index is -0.545. The van der Waals surface area contributed by atoms with Gasteiger partial charge in [0.1, 0.15) is 5.56 Å². The van der Waals surface area contributed by atoms with Gasteiger partial charge in [0.05, 0.1) is 11.6 Å². The average Bonchev–Trinajstić information content (AvgIpc) is 2.48. The molecule has 0 saturated carbocycles. The molecule has 2 rings (SSSR count). The molecular formula is C15H13N4O2+. The second kappa shape index (κ2) is 6.30. The topological polar surface area (TPSA) is 99.9 Å². The first-order valence-electron chi connectivity index (χ1n) is 6.17. The van der Waals surface area contributed by atoms with Gasteiger partial charge in [-0.25, -0.2) is 0 Å². The molecule has 0 aliphatic heterocycles. The van der Waals surface area contributed by atoms with Crippen molar-refractivity contribution in [3.63, 3.8) is 0 Å². The van der Waals surface area contributed by atoms with Crippen LogP contribution in [0.15, 0.2) is 48.8 Å². The monoisotopic (exact) mass is 281 g/mol. The Bertz CT molecular complexity index is 717. The van der Waals surface area contributed by atoms with Crippen LogP contribution < -0.4 is 15.6 Å². The van der Waals surface area contributed by atoms with E-state index in [0.717, 1.165) is 0 Å². The molecule has 0 spiro atoms. The molecule has 2 aromatic rings. The van der Waals surface area contributed by atoms with E-state index in [1.807, 2.05) is 6.07 Å². The minimum absolute atomic E-state index is 0.0567. The number of primary amides is 1. The number of rotatable bonds is 4. The lowest BCUT2D eigenvalue weighted by Gasteiger charge is -2.03. The van der Waals surface area contributed by atoms with Crippen molar-refractivity contribution in [3.05, 3.63) is 59.9 Å². The van der Waals surface area contributed by atoms with E-state index in [-0.39, 0.29) is 12.5 Å². The van der Waals surface area contributed by atoms with Gasteiger partial charge in [-0.05, 0) is 30.3 Å². The lowest BCUT2D eigenvalue weighted by molar-refractivity contribution is -0.684. The predicted octanol–water partition coefficient (Wildman–Crippen LogP) is 0.583. The number of aromatic nitrogens is 1. The summed E-state index contributed by atoms with van der Waals surface area (Å²) in [6.07, 6.45) is 3.19. The van der Waals surface area contributed by atoms with Gasteiger partial charge in [0.15, 0.2) is 12.4 Å².